The van der Waals surface area contributed by atoms with Gasteiger partial charge in [-0.3, -0.25) is 4.79 Å². The molecule has 1 N–H and O–H groups in total. The molecule has 1 heterocycles. The van der Waals surface area contributed by atoms with Gasteiger partial charge in [0.2, 0.25) is 5.91 Å². The lowest BCUT2D eigenvalue weighted by molar-refractivity contribution is -0.116. The highest BCUT2D eigenvalue weighted by Crippen LogP contribution is 2.40. The molecule has 0 aliphatic rings. The third-order valence-electron chi connectivity index (χ3n) is 5.01. The van der Waals surface area contributed by atoms with Gasteiger partial charge >= 0.3 is 0 Å². The van der Waals surface area contributed by atoms with Crippen molar-refractivity contribution in [2.24, 2.45) is 0 Å². The number of aryl methyl sites for hydroxylation is 1. The third-order valence-corrected chi connectivity index (χ3v) is 5.51. The lowest BCUT2D eigenvalue weighted by Crippen LogP contribution is -2.30. The summed E-state index contributed by atoms with van der Waals surface area (Å²) in [6.07, 6.45) is 3.40. The number of benzene rings is 2. The predicted molar refractivity (Wildman–Crippen MR) is 126 cm³/mol. The standard InChI is InChI=1S/C24H27BrN2O3/c1-15(11-22(28)26-9-10-27(3)4)19-13-20-21(17-7-6-8-18(25)12-17)14-30-24(20)16(2)23(19)29-5/h6-8,11-14H,9-10H2,1-5H3,(H,26,28)/b15-11+. The Labute approximate surface area is 185 Å². The molecule has 1 amide bonds. The third kappa shape index (κ3) is 4.77. The minimum absolute atomic E-state index is 0.117. The van der Waals surface area contributed by atoms with E-state index in [0.29, 0.717) is 12.3 Å². The first-order valence-corrected chi connectivity index (χ1v) is 10.6. The Kier molecular flexibility index (Phi) is 7.00. The molecule has 0 aliphatic carbocycles. The van der Waals surface area contributed by atoms with Crippen LogP contribution in [0.15, 0.2) is 51.6 Å². The molecule has 0 fully saturated rings. The average molecular weight is 471 g/mol. The largest absolute Gasteiger partial charge is 0.496 e. The molecule has 0 radical (unpaired) electrons. The lowest BCUT2D eigenvalue weighted by Gasteiger charge is -2.14. The number of nitrogens with one attached hydrogen (secondary N) is 1. The molecule has 0 bridgehead atoms. The molecule has 0 saturated heterocycles. The topological polar surface area (TPSA) is 54.7 Å². The maximum absolute atomic E-state index is 12.4. The van der Waals surface area contributed by atoms with Crippen molar-refractivity contribution in [1.82, 2.24) is 10.2 Å². The van der Waals surface area contributed by atoms with E-state index in [2.05, 4.69) is 33.4 Å². The van der Waals surface area contributed by atoms with E-state index in [1.807, 2.05) is 51.0 Å². The zero-order valence-corrected chi connectivity index (χ0v) is 19.6. The zero-order chi connectivity index (χ0) is 21.8. The first-order valence-electron chi connectivity index (χ1n) is 9.77. The lowest BCUT2D eigenvalue weighted by atomic mass is 9.96. The molecule has 2 aromatic carbocycles. The highest BCUT2D eigenvalue weighted by Gasteiger charge is 2.18. The number of hydrogen-bond donors (Lipinski definition) is 1. The summed E-state index contributed by atoms with van der Waals surface area (Å²) in [7, 11) is 5.59. The molecule has 5 nitrogen and oxygen atoms in total. The van der Waals surface area contributed by atoms with E-state index in [4.69, 9.17) is 9.15 Å². The van der Waals surface area contributed by atoms with Gasteiger partial charge in [0.15, 0.2) is 0 Å². The molecular formula is C24H27BrN2O3. The van der Waals surface area contributed by atoms with Gasteiger partial charge in [0.25, 0.3) is 0 Å². The van der Waals surface area contributed by atoms with Crippen molar-refractivity contribution in [3.8, 4) is 16.9 Å². The van der Waals surface area contributed by atoms with E-state index >= 15 is 0 Å². The van der Waals surface area contributed by atoms with Crippen LogP contribution in [0, 0.1) is 6.92 Å². The monoisotopic (exact) mass is 470 g/mol. The van der Waals surface area contributed by atoms with Crippen molar-refractivity contribution in [3.05, 3.63) is 58.3 Å². The molecule has 1 aromatic heterocycles. The van der Waals surface area contributed by atoms with Crippen LogP contribution in [0.2, 0.25) is 0 Å². The van der Waals surface area contributed by atoms with Gasteiger partial charge in [-0.25, -0.2) is 0 Å². The van der Waals surface area contributed by atoms with Gasteiger partial charge in [0.05, 0.1) is 13.4 Å². The molecule has 0 aliphatic heterocycles. The number of allylic oxidation sites excluding steroid dienone is 1. The van der Waals surface area contributed by atoms with Crippen molar-refractivity contribution >= 4 is 38.4 Å². The second kappa shape index (κ2) is 9.49. The molecule has 30 heavy (non-hydrogen) atoms. The highest BCUT2D eigenvalue weighted by atomic mass is 79.9. The number of methoxy groups -OCH3 is 1. The van der Waals surface area contributed by atoms with E-state index in [0.717, 1.165) is 49.8 Å². The van der Waals surface area contributed by atoms with Crippen molar-refractivity contribution < 1.29 is 13.9 Å². The molecule has 158 valence electrons. The minimum Gasteiger partial charge on any atom is -0.496 e. The summed E-state index contributed by atoms with van der Waals surface area (Å²) in [5, 5.41) is 3.91. The Morgan fingerprint density at radius 3 is 2.73 bits per heavy atom. The Hall–Kier alpha value is -2.57. The van der Waals surface area contributed by atoms with Crippen LogP contribution in [0.4, 0.5) is 0 Å². The number of fused-ring (bicyclic) bond motifs is 1. The zero-order valence-electron chi connectivity index (χ0n) is 18.0. The van der Waals surface area contributed by atoms with Gasteiger partial charge in [-0.1, -0.05) is 28.1 Å². The first-order chi connectivity index (χ1) is 14.3. The fourth-order valence-corrected chi connectivity index (χ4v) is 3.88. The SMILES string of the molecule is COc1c(/C(C)=C/C(=O)NCCN(C)C)cc2c(-c3cccc(Br)c3)coc2c1C. The summed E-state index contributed by atoms with van der Waals surface area (Å²) in [5.41, 5.74) is 5.47. The highest BCUT2D eigenvalue weighted by molar-refractivity contribution is 9.10. The van der Waals surface area contributed by atoms with E-state index in [1.165, 1.54) is 0 Å². The average Bonchev–Trinajstić information content (AvgIpc) is 3.12. The number of carbonyl (C=O) groups is 1. The van der Waals surface area contributed by atoms with Crippen LogP contribution in [-0.4, -0.2) is 45.1 Å². The predicted octanol–water partition coefficient (Wildman–Crippen LogP) is 5.26. The van der Waals surface area contributed by atoms with E-state index in [1.54, 1.807) is 19.4 Å². The maximum Gasteiger partial charge on any atom is 0.244 e. The molecule has 0 spiro atoms. The molecule has 0 atom stereocenters. The smallest absolute Gasteiger partial charge is 0.244 e. The van der Waals surface area contributed by atoms with Crippen LogP contribution in [-0.2, 0) is 4.79 Å². The van der Waals surface area contributed by atoms with Gasteiger partial charge in [-0.05, 0) is 57.3 Å². The van der Waals surface area contributed by atoms with Crippen molar-refractivity contribution in [1.29, 1.82) is 0 Å². The van der Waals surface area contributed by atoms with Gasteiger partial charge in [0, 0.05) is 45.7 Å². The normalized spacial score (nSPS) is 11.9. The summed E-state index contributed by atoms with van der Waals surface area (Å²) < 4.78 is 12.6. The fraction of sp³-hybridized carbons (Fsp3) is 0.292. The van der Waals surface area contributed by atoms with Crippen molar-refractivity contribution in [3.63, 3.8) is 0 Å². The Morgan fingerprint density at radius 1 is 1.30 bits per heavy atom. The Bertz CT molecular complexity index is 1100. The molecule has 0 unspecified atom stereocenters. The van der Waals surface area contributed by atoms with Gasteiger partial charge in [0.1, 0.15) is 11.3 Å². The Morgan fingerprint density at radius 2 is 2.07 bits per heavy atom. The van der Waals surface area contributed by atoms with Crippen molar-refractivity contribution in [2.75, 3.05) is 34.3 Å². The number of ether oxygens (including phenoxy) is 1. The summed E-state index contributed by atoms with van der Waals surface area (Å²) in [6, 6.07) is 10.1. The second-order valence-corrected chi connectivity index (χ2v) is 8.46. The fourth-order valence-electron chi connectivity index (χ4n) is 3.48. The number of rotatable bonds is 7. The van der Waals surface area contributed by atoms with E-state index in [-0.39, 0.29) is 5.91 Å². The van der Waals surface area contributed by atoms with Crippen LogP contribution in [0.5, 0.6) is 5.75 Å². The number of hydrogen-bond acceptors (Lipinski definition) is 4. The van der Waals surface area contributed by atoms with Crippen LogP contribution in [0.1, 0.15) is 18.1 Å². The summed E-state index contributed by atoms with van der Waals surface area (Å²) >= 11 is 3.54. The maximum atomic E-state index is 12.4. The summed E-state index contributed by atoms with van der Waals surface area (Å²) in [4.78, 5) is 14.4. The quantitative estimate of drug-likeness (QED) is 0.478. The number of halogens is 1. The van der Waals surface area contributed by atoms with Crippen LogP contribution in [0.25, 0.3) is 27.7 Å². The van der Waals surface area contributed by atoms with Crippen molar-refractivity contribution in [2.45, 2.75) is 13.8 Å². The molecule has 3 rings (SSSR count). The van der Waals surface area contributed by atoms with Gasteiger partial charge in [-0.2, -0.15) is 0 Å². The summed E-state index contributed by atoms with van der Waals surface area (Å²) in [6.45, 7) is 5.29. The molecular weight excluding hydrogens is 444 g/mol. The number of likely N-dealkylation sites (N-methyl/N-ethyl adjacent to an activating group) is 1. The van der Waals surface area contributed by atoms with Crippen LogP contribution < -0.4 is 10.1 Å². The summed E-state index contributed by atoms with van der Waals surface area (Å²) in [5.74, 6) is 0.598. The van der Waals surface area contributed by atoms with Crippen LogP contribution in [0.3, 0.4) is 0 Å². The van der Waals surface area contributed by atoms with Gasteiger partial charge in [-0.15, -0.1) is 0 Å². The number of amides is 1. The van der Waals surface area contributed by atoms with E-state index < -0.39 is 0 Å². The Balaban J connectivity index is 2.04. The molecule has 0 saturated carbocycles. The number of carbonyl (C=O) groups excluding carboxylic acids is 1. The molecule has 6 heteroatoms. The first kappa shape index (κ1) is 22.1. The second-order valence-electron chi connectivity index (χ2n) is 7.54. The minimum atomic E-state index is -0.117. The number of furan rings is 1. The molecule has 3 aromatic rings. The van der Waals surface area contributed by atoms with Crippen LogP contribution >= 0.6 is 15.9 Å². The van der Waals surface area contributed by atoms with Gasteiger partial charge < -0.3 is 19.4 Å². The number of nitrogens with zero attached hydrogens (tertiary/aromatic N) is 1. The van der Waals surface area contributed by atoms with E-state index in [9.17, 15) is 4.79 Å².